The van der Waals surface area contributed by atoms with Crippen molar-refractivity contribution in [3.8, 4) is 0 Å². The molecular formula is C13H18N2O2. The van der Waals surface area contributed by atoms with Gasteiger partial charge in [0.2, 0.25) is 0 Å². The topological polar surface area (TPSA) is 42.4 Å². The molecule has 1 aliphatic rings. The summed E-state index contributed by atoms with van der Waals surface area (Å²) < 4.78 is 5.26. The first-order chi connectivity index (χ1) is 8.11. The van der Waals surface area contributed by atoms with Gasteiger partial charge in [0.05, 0.1) is 11.7 Å². The minimum absolute atomic E-state index is 0.0557. The predicted octanol–water partition coefficient (Wildman–Crippen LogP) is 1.56. The largest absolute Gasteiger partial charge is 0.380 e. The molecule has 0 bridgehead atoms. The fourth-order valence-corrected chi connectivity index (χ4v) is 2.05. The number of carbonyl (C=O) groups is 1. The third-order valence-corrected chi connectivity index (χ3v) is 3.35. The van der Waals surface area contributed by atoms with Crippen LogP contribution in [0.3, 0.4) is 0 Å². The Morgan fingerprint density at radius 2 is 2.29 bits per heavy atom. The summed E-state index contributed by atoms with van der Waals surface area (Å²) in [6.07, 6.45) is 2.75. The number of ether oxygens (including phenoxy) is 1. The first kappa shape index (κ1) is 12.0. The lowest BCUT2D eigenvalue weighted by atomic mass is 10.1. The van der Waals surface area contributed by atoms with Crippen molar-refractivity contribution >= 4 is 5.91 Å². The van der Waals surface area contributed by atoms with E-state index in [2.05, 4.69) is 4.98 Å². The van der Waals surface area contributed by atoms with E-state index in [-0.39, 0.29) is 12.0 Å². The Labute approximate surface area is 102 Å². The van der Waals surface area contributed by atoms with Crippen LogP contribution in [-0.2, 0) is 4.74 Å². The number of methoxy groups -OCH3 is 1. The van der Waals surface area contributed by atoms with Gasteiger partial charge in [-0.25, -0.2) is 0 Å². The molecule has 1 aromatic rings. The normalized spacial score (nSPS) is 19.7. The quantitative estimate of drug-likeness (QED) is 0.780. The number of carbonyl (C=O) groups excluding carboxylic acids is 1. The summed E-state index contributed by atoms with van der Waals surface area (Å²) in [5.74, 6) is 0.0557. The van der Waals surface area contributed by atoms with Crippen molar-refractivity contribution in [2.24, 2.45) is 0 Å². The van der Waals surface area contributed by atoms with Crippen LogP contribution in [0.5, 0.6) is 0 Å². The van der Waals surface area contributed by atoms with Gasteiger partial charge in [-0.2, -0.15) is 0 Å². The van der Waals surface area contributed by atoms with Crippen LogP contribution in [-0.4, -0.2) is 42.1 Å². The van der Waals surface area contributed by atoms with E-state index in [9.17, 15) is 4.79 Å². The molecule has 92 valence electrons. The Kier molecular flexibility index (Phi) is 3.43. The molecule has 1 atom stereocenters. The van der Waals surface area contributed by atoms with E-state index in [1.54, 1.807) is 13.3 Å². The molecule has 1 saturated heterocycles. The predicted molar refractivity (Wildman–Crippen MR) is 65.0 cm³/mol. The van der Waals surface area contributed by atoms with E-state index in [0.717, 1.165) is 24.2 Å². The molecule has 2 heterocycles. The second-order valence-electron chi connectivity index (χ2n) is 4.52. The van der Waals surface area contributed by atoms with Gasteiger partial charge >= 0.3 is 0 Å². The van der Waals surface area contributed by atoms with Gasteiger partial charge in [-0.1, -0.05) is 0 Å². The van der Waals surface area contributed by atoms with Gasteiger partial charge in [0.1, 0.15) is 0 Å². The van der Waals surface area contributed by atoms with Crippen molar-refractivity contribution in [1.29, 1.82) is 0 Å². The molecule has 0 aliphatic carbocycles. The number of aryl methyl sites for hydroxylation is 2. The number of nitrogens with zero attached hydrogens (tertiary/aromatic N) is 2. The van der Waals surface area contributed by atoms with E-state index in [1.165, 1.54) is 0 Å². The Hall–Kier alpha value is -1.42. The SMILES string of the molecule is CO[C@@H]1CCN(C(=O)c2cnc(C)c(C)c2)C1. The molecule has 1 aliphatic heterocycles. The number of pyridine rings is 1. The third-order valence-electron chi connectivity index (χ3n) is 3.35. The van der Waals surface area contributed by atoms with Crippen LogP contribution in [0.1, 0.15) is 28.0 Å². The van der Waals surface area contributed by atoms with Gasteiger partial charge in [0, 0.05) is 32.1 Å². The highest BCUT2D eigenvalue weighted by Crippen LogP contribution is 2.16. The summed E-state index contributed by atoms with van der Waals surface area (Å²) in [5, 5.41) is 0. The van der Waals surface area contributed by atoms with Gasteiger partial charge in [-0.05, 0) is 31.9 Å². The fraction of sp³-hybridized carbons (Fsp3) is 0.538. The zero-order valence-corrected chi connectivity index (χ0v) is 10.6. The highest BCUT2D eigenvalue weighted by Gasteiger charge is 2.26. The fourth-order valence-electron chi connectivity index (χ4n) is 2.05. The van der Waals surface area contributed by atoms with Crippen molar-refractivity contribution in [3.63, 3.8) is 0 Å². The van der Waals surface area contributed by atoms with Crippen LogP contribution < -0.4 is 0 Å². The summed E-state index contributed by atoms with van der Waals surface area (Å²) in [5.41, 5.74) is 2.70. The maximum atomic E-state index is 12.2. The van der Waals surface area contributed by atoms with E-state index >= 15 is 0 Å². The van der Waals surface area contributed by atoms with E-state index in [4.69, 9.17) is 4.74 Å². The van der Waals surface area contributed by atoms with Crippen LogP contribution in [0.15, 0.2) is 12.3 Å². The lowest BCUT2D eigenvalue weighted by Crippen LogP contribution is -2.30. The highest BCUT2D eigenvalue weighted by atomic mass is 16.5. The average molecular weight is 234 g/mol. The van der Waals surface area contributed by atoms with Crippen LogP contribution in [0, 0.1) is 13.8 Å². The summed E-state index contributed by atoms with van der Waals surface area (Å²) in [7, 11) is 1.69. The number of aromatic nitrogens is 1. The minimum atomic E-state index is 0.0557. The molecule has 4 nitrogen and oxygen atoms in total. The standard InChI is InChI=1S/C13H18N2O2/c1-9-6-11(7-14-10(9)2)13(16)15-5-4-12(8-15)17-3/h6-7,12H,4-5,8H2,1-3H3/t12-/m1/s1. The monoisotopic (exact) mass is 234 g/mol. The average Bonchev–Trinajstić information content (AvgIpc) is 2.80. The summed E-state index contributed by atoms with van der Waals surface area (Å²) in [6.45, 7) is 5.37. The van der Waals surface area contributed by atoms with Crippen LogP contribution >= 0.6 is 0 Å². The maximum absolute atomic E-state index is 12.2. The van der Waals surface area contributed by atoms with Gasteiger partial charge in [0.25, 0.3) is 5.91 Å². The second-order valence-corrected chi connectivity index (χ2v) is 4.52. The number of rotatable bonds is 2. The number of hydrogen-bond donors (Lipinski definition) is 0. The summed E-state index contributed by atoms with van der Waals surface area (Å²) in [4.78, 5) is 18.3. The van der Waals surface area contributed by atoms with Gasteiger partial charge < -0.3 is 9.64 Å². The molecule has 0 aromatic carbocycles. The van der Waals surface area contributed by atoms with E-state index in [1.807, 2.05) is 24.8 Å². The smallest absolute Gasteiger partial charge is 0.255 e. The number of hydrogen-bond acceptors (Lipinski definition) is 3. The Morgan fingerprint density at radius 1 is 1.53 bits per heavy atom. The van der Waals surface area contributed by atoms with E-state index in [0.29, 0.717) is 12.1 Å². The zero-order chi connectivity index (χ0) is 12.4. The molecular weight excluding hydrogens is 216 g/mol. The zero-order valence-electron chi connectivity index (χ0n) is 10.6. The van der Waals surface area contributed by atoms with Crippen LogP contribution in [0.4, 0.5) is 0 Å². The number of likely N-dealkylation sites (tertiary alicyclic amines) is 1. The summed E-state index contributed by atoms with van der Waals surface area (Å²) >= 11 is 0. The maximum Gasteiger partial charge on any atom is 0.255 e. The molecule has 0 N–H and O–H groups in total. The molecule has 0 unspecified atom stereocenters. The third kappa shape index (κ3) is 2.47. The molecule has 17 heavy (non-hydrogen) atoms. The van der Waals surface area contributed by atoms with Crippen molar-refractivity contribution in [2.75, 3.05) is 20.2 Å². The molecule has 0 saturated carbocycles. The van der Waals surface area contributed by atoms with Crippen LogP contribution in [0.25, 0.3) is 0 Å². The number of amides is 1. The Morgan fingerprint density at radius 3 is 2.88 bits per heavy atom. The van der Waals surface area contributed by atoms with Crippen molar-refractivity contribution < 1.29 is 9.53 Å². The van der Waals surface area contributed by atoms with Gasteiger partial charge in [-0.3, -0.25) is 9.78 Å². The van der Waals surface area contributed by atoms with Crippen molar-refractivity contribution in [3.05, 3.63) is 29.1 Å². The minimum Gasteiger partial charge on any atom is -0.380 e. The first-order valence-electron chi connectivity index (χ1n) is 5.87. The molecule has 1 fully saturated rings. The van der Waals surface area contributed by atoms with Crippen molar-refractivity contribution in [2.45, 2.75) is 26.4 Å². The second kappa shape index (κ2) is 4.84. The molecule has 0 spiro atoms. The molecule has 1 amide bonds. The lowest BCUT2D eigenvalue weighted by Gasteiger charge is -2.16. The van der Waals surface area contributed by atoms with Crippen LogP contribution in [0.2, 0.25) is 0 Å². The molecule has 1 aromatic heterocycles. The van der Waals surface area contributed by atoms with Crippen molar-refractivity contribution in [1.82, 2.24) is 9.88 Å². The van der Waals surface area contributed by atoms with Gasteiger partial charge in [0.15, 0.2) is 0 Å². The molecule has 0 radical (unpaired) electrons. The van der Waals surface area contributed by atoms with Gasteiger partial charge in [-0.15, -0.1) is 0 Å². The Balaban J connectivity index is 2.12. The van der Waals surface area contributed by atoms with E-state index < -0.39 is 0 Å². The highest BCUT2D eigenvalue weighted by molar-refractivity contribution is 5.94. The summed E-state index contributed by atoms with van der Waals surface area (Å²) in [6, 6.07) is 1.91. The Bertz CT molecular complexity index is 431. The lowest BCUT2D eigenvalue weighted by molar-refractivity contribution is 0.0723. The first-order valence-corrected chi connectivity index (χ1v) is 5.87. The molecule has 2 rings (SSSR count). The molecule has 4 heteroatoms.